The average molecular weight is 369 g/mol. The lowest BCUT2D eigenvalue weighted by molar-refractivity contribution is -0.137. The van der Waals surface area contributed by atoms with E-state index in [1.54, 1.807) is 27.8 Å². The molecule has 2 aromatic rings. The highest BCUT2D eigenvalue weighted by Gasteiger charge is 2.29. The van der Waals surface area contributed by atoms with Crippen molar-refractivity contribution < 1.29 is 18.0 Å². The van der Waals surface area contributed by atoms with Gasteiger partial charge in [-0.2, -0.15) is 13.2 Å². The number of halogens is 3. The first-order valence-corrected chi connectivity index (χ1v) is 8.32. The lowest BCUT2D eigenvalue weighted by atomic mass is 9.91. The van der Waals surface area contributed by atoms with Crippen LogP contribution in [0.2, 0.25) is 0 Å². The van der Waals surface area contributed by atoms with Gasteiger partial charge in [0, 0.05) is 18.5 Å². The molecule has 0 N–H and O–H groups in total. The second kappa shape index (κ2) is 6.63. The minimum absolute atomic E-state index is 0.106. The molecule has 0 spiro atoms. The number of nitrogens with zero attached hydrogens (tertiary/aromatic N) is 1. The van der Waals surface area contributed by atoms with E-state index < -0.39 is 17.2 Å². The van der Waals surface area contributed by atoms with E-state index in [0.29, 0.717) is 14.8 Å². The molecule has 1 heterocycles. The van der Waals surface area contributed by atoms with Crippen molar-refractivity contribution in [2.45, 2.75) is 26.9 Å². The summed E-state index contributed by atoms with van der Waals surface area (Å²) in [4.78, 5) is 24.4. The van der Waals surface area contributed by atoms with Crippen LogP contribution in [0, 0.1) is 5.41 Å². The number of aromatic nitrogens is 1. The normalized spacial score (nSPS) is 14.2. The van der Waals surface area contributed by atoms with Crippen LogP contribution >= 0.6 is 11.3 Å². The van der Waals surface area contributed by atoms with Crippen molar-refractivity contribution in [1.82, 2.24) is 4.57 Å². The number of carbonyl (C=O) groups is 1. The van der Waals surface area contributed by atoms with Crippen LogP contribution in [0.25, 0.3) is 12.2 Å². The van der Waals surface area contributed by atoms with Gasteiger partial charge < -0.3 is 4.57 Å². The largest absolute Gasteiger partial charge is 0.416 e. The molecule has 2 rings (SSSR count). The predicted molar refractivity (Wildman–Crippen MR) is 92.7 cm³/mol. The number of hydrogen-bond donors (Lipinski definition) is 0. The smallest absolute Gasteiger partial charge is 0.302 e. The second-order valence-electron chi connectivity index (χ2n) is 6.69. The Labute approximate surface area is 146 Å². The van der Waals surface area contributed by atoms with Gasteiger partial charge >= 0.3 is 6.18 Å². The standard InChI is InChI=1S/C18H18F3NO2S/c1-17(2,3)14(23)10-15-22(4)16(24)13(25-15)9-11-5-7-12(8-6-11)18(19,20)21/h5-10H,1-4H3/b13-9+,15-10-. The van der Waals surface area contributed by atoms with Crippen molar-refractivity contribution in [3.05, 3.63) is 54.9 Å². The van der Waals surface area contributed by atoms with E-state index >= 15 is 0 Å². The predicted octanol–water partition coefficient (Wildman–Crippen LogP) is 2.69. The Kier molecular flexibility index (Phi) is 5.09. The van der Waals surface area contributed by atoms with Crippen LogP contribution in [0.3, 0.4) is 0 Å². The number of alkyl halides is 3. The number of carbonyl (C=O) groups excluding carboxylic acids is 1. The quantitative estimate of drug-likeness (QED) is 0.817. The lowest BCUT2D eigenvalue weighted by Crippen LogP contribution is -2.30. The summed E-state index contributed by atoms with van der Waals surface area (Å²) in [6.45, 7) is 5.35. The number of thiazole rings is 1. The fourth-order valence-electron chi connectivity index (χ4n) is 1.96. The van der Waals surface area contributed by atoms with E-state index in [-0.39, 0.29) is 11.3 Å². The molecule has 134 valence electrons. The molecule has 0 saturated heterocycles. The second-order valence-corrected chi connectivity index (χ2v) is 7.75. The first-order valence-electron chi connectivity index (χ1n) is 7.50. The third-order valence-electron chi connectivity index (χ3n) is 3.59. The summed E-state index contributed by atoms with van der Waals surface area (Å²) in [5, 5.41) is 0. The number of benzene rings is 1. The summed E-state index contributed by atoms with van der Waals surface area (Å²) in [5.41, 5.74) is -1.11. The van der Waals surface area contributed by atoms with Gasteiger partial charge in [-0.15, -0.1) is 11.3 Å². The number of hydrogen-bond acceptors (Lipinski definition) is 3. The monoisotopic (exact) mass is 369 g/mol. The zero-order valence-corrected chi connectivity index (χ0v) is 15.1. The van der Waals surface area contributed by atoms with Crippen molar-refractivity contribution in [2.24, 2.45) is 12.5 Å². The van der Waals surface area contributed by atoms with E-state index in [9.17, 15) is 22.8 Å². The summed E-state index contributed by atoms with van der Waals surface area (Å²) < 4.78 is 40.0. The van der Waals surface area contributed by atoms with E-state index in [0.717, 1.165) is 23.5 Å². The molecular formula is C18H18F3NO2S. The van der Waals surface area contributed by atoms with Gasteiger partial charge in [-0.1, -0.05) is 32.9 Å². The van der Waals surface area contributed by atoms with Crippen LogP contribution in [0.15, 0.2) is 29.1 Å². The minimum atomic E-state index is -4.40. The molecule has 0 aliphatic rings. The van der Waals surface area contributed by atoms with Gasteiger partial charge in [-0.3, -0.25) is 9.59 Å². The molecule has 1 aromatic carbocycles. The van der Waals surface area contributed by atoms with Crippen LogP contribution in [0.5, 0.6) is 0 Å². The third-order valence-corrected chi connectivity index (χ3v) is 4.70. The molecular weight excluding hydrogens is 351 g/mol. The third kappa shape index (κ3) is 4.48. The van der Waals surface area contributed by atoms with Gasteiger partial charge in [0.15, 0.2) is 5.78 Å². The summed E-state index contributed by atoms with van der Waals surface area (Å²) >= 11 is 1.13. The van der Waals surface area contributed by atoms with Gasteiger partial charge in [0.2, 0.25) is 0 Å². The Morgan fingerprint density at radius 3 is 2.16 bits per heavy atom. The molecule has 25 heavy (non-hydrogen) atoms. The van der Waals surface area contributed by atoms with Crippen LogP contribution in [0.4, 0.5) is 13.2 Å². The molecule has 0 aliphatic carbocycles. The van der Waals surface area contributed by atoms with Crippen molar-refractivity contribution >= 4 is 29.3 Å². The SMILES string of the molecule is Cn1c(=O)/c(=C\c2ccc(C(F)(F)F)cc2)s/c1=C\C(=O)C(C)(C)C. The van der Waals surface area contributed by atoms with Crippen molar-refractivity contribution in [3.8, 4) is 0 Å². The minimum Gasteiger partial charge on any atom is -0.302 e. The van der Waals surface area contributed by atoms with E-state index in [4.69, 9.17) is 0 Å². The molecule has 0 atom stereocenters. The summed E-state index contributed by atoms with van der Waals surface area (Å²) in [5.74, 6) is -0.106. The Balaban J connectivity index is 2.50. The van der Waals surface area contributed by atoms with E-state index in [2.05, 4.69) is 0 Å². The van der Waals surface area contributed by atoms with E-state index in [1.165, 1.54) is 28.9 Å². The molecule has 1 aromatic heterocycles. The maximum Gasteiger partial charge on any atom is 0.416 e. The molecule has 7 heteroatoms. The Morgan fingerprint density at radius 2 is 1.68 bits per heavy atom. The number of Topliss-reactive ketones (excluding diaryl/α,β-unsaturated/α-hetero) is 1. The van der Waals surface area contributed by atoms with Gasteiger partial charge in [0.25, 0.3) is 5.56 Å². The van der Waals surface area contributed by atoms with Crippen LogP contribution in [-0.4, -0.2) is 10.4 Å². The number of rotatable bonds is 2. The fraction of sp³-hybridized carbons (Fsp3) is 0.333. The molecule has 0 saturated carbocycles. The molecule has 0 fully saturated rings. The Morgan fingerprint density at radius 1 is 1.12 bits per heavy atom. The van der Waals surface area contributed by atoms with Crippen molar-refractivity contribution in [2.75, 3.05) is 0 Å². The summed E-state index contributed by atoms with van der Waals surface area (Å²) in [6, 6.07) is 4.57. The van der Waals surface area contributed by atoms with Gasteiger partial charge in [0.1, 0.15) is 4.66 Å². The van der Waals surface area contributed by atoms with Crippen molar-refractivity contribution in [1.29, 1.82) is 0 Å². The fourth-order valence-corrected chi connectivity index (χ4v) is 2.99. The first-order chi connectivity index (χ1) is 11.4. The van der Waals surface area contributed by atoms with Gasteiger partial charge in [-0.25, -0.2) is 0 Å². The highest BCUT2D eigenvalue weighted by molar-refractivity contribution is 7.07. The Bertz CT molecular complexity index is 958. The number of ketones is 1. The van der Waals surface area contributed by atoms with Crippen LogP contribution in [0.1, 0.15) is 31.9 Å². The molecule has 0 amide bonds. The summed E-state index contributed by atoms with van der Waals surface area (Å²) in [6.07, 6.45) is -1.45. The molecule has 0 unspecified atom stereocenters. The molecule has 0 radical (unpaired) electrons. The van der Waals surface area contributed by atoms with Crippen LogP contribution < -0.4 is 14.8 Å². The average Bonchev–Trinajstić information content (AvgIpc) is 2.74. The van der Waals surface area contributed by atoms with Gasteiger partial charge in [-0.05, 0) is 23.8 Å². The molecule has 0 aliphatic heterocycles. The topological polar surface area (TPSA) is 39.1 Å². The first kappa shape index (κ1) is 19.2. The highest BCUT2D eigenvalue weighted by Crippen LogP contribution is 2.29. The highest BCUT2D eigenvalue weighted by atomic mass is 32.1. The van der Waals surface area contributed by atoms with E-state index in [1.807, 2.05) is 0 Å². The van der Waals surface area contributed by atoms with Gasteiger partial charge in [0.05, 0.1) is 10.1 Å². The Hall–Kier alpha value is -2.15. The molecule has 3 nitrogen and oxygen atoms in total. The zero-order valence-electron chi connectivity index (χ0n) is 14.3. The molecule has 0 bridgehead atoms. The van der Waals surface area contributed by atoms with Crippen molar-refractivity contribution in [3.63, 3.8) is 0 Å². The maximum absolute atomic E-state index is 12.6. The lowest BCUT2D eigenvalue weighted by Gasteiger charge is -2.12. The summed E-state index contributed by atoms with van der Waals surface area (Å²) in [7, 11) is 1.56. The maximum atomic E-state index is 12.6. The zero-order chi connectivity index (χ0) is 19.0. The van der Waals surface area contributed by atoms with Crippen LogP contribution in [-0.2, 0) is 18.0 Å².